The number of nitrogens with zero attached hydrogens (tertiary/aromatic N) is 2. The number of carbonyl (C=O) groups is 2. The SMILES string of the molecule is Cc1cccc(C(C)C(=O)Nc2ccc3nc(NC(=O)c4cscn4)sc3c2)c1. The first-order valence-electron chi connectivity index (χ1n) is 8.97. The molecule has 2 aromatic carbocycles. The lowest BCUT2D eigenvalue weighted by Gasteiger charge is -2.13. The van der Waals surface area contributed by atoms with Gasteiger partial charge in [-0.3, -0.25) is 14.9 Å². The van der Waals surface area contributed by atoms with Crippen molar-refractivity contribution in [3.8, 4) is 0 Å². The molecule has 0 fully saturated rings. The molecule has 8 heteroatoms. The van der Waals surface area contributed by atoms with Crippen LogP contribution in [0.5, 0.6) is 0 Å². The van der Waals surface area contributed by atoms with Gasteiger partial charge in [-0.25, -0.2) is 9.97 Å². The molecule has 0 saturated heterocycles. The predicted octanol–water partition coefficient (Wildman–Crippen LogP) is 5.06. The highest BCUT2D eigenvalue weighted by molar-refractivity contribution is 7.22. The van der Waals surface area contributed by atoms with Crippen molar-refractivity contribution in [2.75, 3.05) is 10.6 Å². The van der Waals surface area contributed by atoms with Gasteiger partial charge < -0.3 is 5.32 Å². The van der Waals surface area contributed by atoms with Gasteiger partial charge in [0.15, 0.2) is 5.13 Å². The van der Waals surface area contributed by atoms with E-state index < -0.39 is 0 Å². The van der Waals surface area contributed by atoms with Crippen LogP contribution >= 0.6 is 22.7 Å². The summed E-state index contributed by atoms with van der Waals surface area (Å²) in [6, 6.07) is 13.5. The zero-order valence-electron chi connectivity index (χ0n) is 15.8. The Hall–Kier alpha value is -3.10. The molecule has 0 aliphatic rings. The fraction of sp³-hybridized carbons (Fsp3) is 0.143. The van der Waals surface area contributed by atoms with Gasteiger partial charge in [0, 0.05) is 11.1 Å². The number of amides is 2. The summed E-state index contributed by atoms with van der Waals surface area (Å²) in [6.45, 7) is 3.90. The maximum Gasteiger partial charge on any atom is 0.276 e. The van der Waals surface area contributed by atoms with Gasteiger partial charge in [-0.05, 0) is 37.6 Å². The second-order valence-electron chi connectivity index (χ2n) is 6.65. The summed E-state index contributed by atoms with van der Waals surface area (Å²) in [5.74, 6) is -0.623. The van der Waals surface area contributed by atoms with Crippen molar-refractivity contribution in [2.45, 2.75) is 19.8 Å². The fourth-order valence-corrected chi connectivity index (χ4v) is 4.32. The molecule has 0 saturated carbocycles. The van der Waals surface area contributed by atoms with Gasteiger partial charge in [0.25, 0.3) is 5.91 Å². The summed E-state index contributed by atoms with van der Waals surface area (Å²) in [5.41, 5.74) is 5.54. The van der Waals surface area contributed by atoms with Gasteiger partial charge in [0.2, 0.25) is 5.91 Å². The van der Waals surface area contributed by atoms with Crippen LogP contribution in [0.25, 0.3) is 10.2 Å². The Labute approximate surface area is 175 Å². The van der Waals surface area contributed by atoms with Crippen LogP contribution in [0, 0.1) is 6.92 Å². The molecule has 29 heavy (non-hydrogen) atoms. The average Bonchev–Trinajstić information content (AvgIpc) is 3.36. The molecule has 6 nitrogen and oxygen atoms in total. The van der Waals surface area contributed by atoms with Gasteiger partial charge in [0.05, 0.1) is 21.6 Å². The summed E-state index contributed by atoms with van der Waals surface area (Å²) in [4.78, 5) is 33.2. The lowest BCUT2D eigenvalue weighted by molar-refractivity contribution is -0.117. The maximum atomic E-state index is 12.7. The van der Waals surface area contributed by atoms with Crippen LogP contribution in [0.3, 0.4) is 0 Å². The Morgan fingerprint density at radius 2 is 1.97 bits per heavy atom. The summed E-state index contributed by atoms with van der Waals surface area (Å²) < 4.78 is 0.875. The topological polar surface area (TPSA) is 84.0 Å². The van der Waals surface area contributed by atoms with Crippen LogP contribution in [-0.2, 0) is 4.79 Å². The number of hydrogen-bond donors (Lipinski definition) is 2. The number of benzene rings is 2. The van der Waals surface area contributed by atoms with E-state index in [-0.39, 0.29) is 17.7 Å². The minimum Gasteiger partial charge on any atom is -0.326 e. The molecule has 1 unspecified atom stereocenters. The van der Waals surface area contributed by atoms with E-state index in [0.29, 0.717) is 16.5 Å². The highest BCUT2D eigenvalue weighted by atomic mass is 32.1. The van der Waals surface area contributed by atoms with E-state index in [1.807, 2.05) is 56.3 Å². The lowest BCUT2D eigenvalue weighted by atomic mass is 9.98. The van der Waals surface area contributed by atoms with Crippen LogP contribution in [0.1, 0.15) is 34.5 Å². The van der Waals surface area contributed by atoms with Crippen molar-refractivity contribution < 1.29 is 9.59 Å². The van der Waals surface area contributed by atoms with E-state index in [4.69, 9.17) is 0 Å². The number of anilines is 2. The summed E-state index contributed by atoms with van der Waals surface area (Å²) in [6.07, 6.45) is 0. The molecular weight excluding hydrogens is 404 g/mol. The standard InChI is InChI=1S/C21H18N4O2S2/c1-12-4-3-5-14(8-12)13(2)19(26)23-15-6-7-16-18(9-15)29-21(24-16)25-20(27)17-10-28-11-22-17/h3-11,13H,1-2H3,(H,23,26)(H,24,25,27). The number of nitrogens with one attached hydrogen (secondary N) is 2. The van der Waals surface area contributed by atoms with E-state index in [1.54, 1.807) is 10.9 Å². The molecule has 0 radical (unpaired) electrons. The fourth-order valence-electron chi connectivity index (χ4n) is 2.88. The van der Waals surface area contributed by atoms with Crippen molar-refractivity contribution in [3.05, 3.63) is 70.2 Å². The van der Waals surface area contributed by atoms with Crippen molar-refractivity contribution in [1.82, 2.24) is 9.97 Å². The van der Waals surface area contributed by atoms with E-state index in [1.165, 1.54) is 22.7 Å². The van der Waals surface area contributed by atoms with Gasteiger partial charge in [-0.15, -0.1) is 11.3 Å². The lowest BCUT2D eigenvalue weighted by Crippen LogP contribution is -2.18. The van der Waals surface area contributed by atoms with E-state index >= 15 is 0 Å². The van der Waals surface area contributed by atoms with Gasteiger partial charge >= 0.3 is 0 Å². The predicted molar refractivity (Wildman–Crippen MR) is 118 cm³/mol. The molecule has 2 N–H and O–H groups in total. The van der Waals surface area contributed by atoms with Crippen molar-refractivity contribution in [2.24, 2.45) is 0 Å². The Morgan fingerprint density at radius 3 is 2.72 bits per heavy atom. The van der Waals surface area contributed by atoms with Gasteiger partial charge in [-0.2, -0.15) is 0 Å². The molecule has 0 aliphatic heterocycles. The van der Waals surface area contributed by atoms with E-state index in [9.17, 15) is 9.59 Å². The third-order valence-electron chi connectivity index (χ3n) is 4.48. The molecular formula is C21H18N4O2S2. The number of aromatic nitrogens is 2. The normalized spacial score (nSPS) is 11.9. The maximum absolute atomic E-state index is 12.7. The number of carbonyl (C=O) groups excluding carboxylic acids is 2. The Balaban J connectivity index is 1.48. The van der Waals surface area contributed by atoms with Crippen LogP contribution in [0.4, 0.5) is 10.8 Å². The summed E-state index contributed by atoms with van der Waals surface area (Å²) in [7, 11) is 0. The largest absolute Gasteiger partial charge is 0.326 e. The summed E-state index contributed by atoms with van der Waals surface area (Å²) in [5, 5.41) is 7.91. The number of hydrogen-bond acceptors (Lipinski definition) is 6. The van der Waals surface area contributed by atoms with Gasteiger partial charge in [-0.1, -0.05) is 41.2 Å². The van der Waals surface area contributed by atoms with Crippen LogP contribution in [0.2, 0.25) is 0 Å². The molecule has 2 heterocycles. The highest BCUT2D eigenvalue weighted by Crippen LogP contribution is 2.29. The Bertz CT molecular complexity index is 1180. The highest BCUT2D eigenvalue weighted by Gasteiger charge is 2.16. The van der Waals surface area contributed by atoms with E-state index in [2.05, 4.69) is 20.6 Å². The number of thiazole rings is 2. The second kappa shape index (κ2) is 8.10. The third kappa shape index (κ3) is 4.33. The zero-order valence-corrected chi connectivity index (χ0v) is 17.4. The number of fused-ring (bicyclic) bond motifs is 1. The summed E-state index contributed by atoms with van der Waals surface area (Å²) >= 11 is 2.72. The smallest absolute Gasteiger partial charge is 0.276 e. The molecule has 0 bridgehead atoms. The van der Waals surface area contributed by atoms with Gasteiger partial charge in [0.1, 0.15) is 5.69 Å². The Kier molecular flexibility index (Phi) is 5.37. The first-order chi connectivity index (χ1) is 14.0. The molecule has 4 aromatic rings. The molecule has 2 amide bonds. The Morgan fingerprint density at radius 1 is 1.10 bits per heavy atom. The first kappa shape index (κ1) is 19.2. The second-order valence-corrected chi connectivity index (χ2v) is 8.40. The molecule has 0 aliphatic carbocycles. The van der Waals surface area contributed by atoms with E-state index in [0.717, 1.165) is 21.3 Å². The van der Waals surface area contributed by atoms with Crippen molar-refractivity contribution >= 4 is 55.5 Å². The van der Waals surface area contributed by atoms with Crippen LogP contribution in [-0.4, -0.2) is 21.8 Å². The molecule has 0 spiro atoms. The third-order valence-corrected chi connectivity index (χ3v) is 6.00. The minimum atomic E-state index is -0.286. The molecule has 4 rings (SSSR count). The van der Waals surface area contributed by atoms with Crippen LogP contribution < -0.4 is 10.6 Å². The van der Waals surface area contributed by atoms with Crippen molar-refractivity contribution in [1.29, 1.82) is 0 Å². The molecule has 1 atom stereocenters. The quantitative estimate of drug-likeness (QED) is 0.471. The molecule has 146 valence electrons. The first-order valence-corrected chi connectivity index (χ1v) is 10.7. The average molecular weight is 423 g/mol. The van der Waals surface area contributed by atoms with Crippen molar-refractivity contribution in [3.63, 3.8) is 0 Å². The number of aryl methyl sites for hydroxylation is 1. The monoisotopic (exact) mass is 422 g/mol. The number of rotatable bonds is 5. The van der Waals surface area contributed by atoms with Crippen LogP contribution in [0.15, 0.2) is 53.4 Å². The molecule has 2 aromatic heterocycles. The minimum absolute atomic E-state index is 0.0727. The zero-order chi connectivity index (χ0) is 20.4.